The predicted octanol–water partition coefficient (Wildman–Crippen LogP) is 2.65. The smallest absolute Gasteiger partial charge is 0.223 e. The van der Waals surface area contributed by atoms with Gasteiger partial charge in [0.1, 0.15) is 0 Å². The third kappa shape index (κ3) is 2.53. The summed E-state index contributed by atoms with van der Waals surface area (Å²) >= 11 is 0. The van der Waals surface area contributed by atoms with E-state index >= 15 is 0 Å². The Morgan fingerprint density at radius 1 is 1.00 bits per heavy atom. The van der Waals surface area contributed by atoms with E-state index in [1.165, 1.54) is 5.56 Å². The molecule has 0 aliphatic rings. The van der Waals surface area contributed by atoms with Crippen LogP contribution in [-0.2, 0) is 0 Å². The first-order chi connectivity index (χ1) is 7.36. The van der Waals surface area contributed by atoms with E-state index in [9.17, 15) is 0 Å². The highest BCUT2D eigenvalue weighted by molar-refractivity contribution is 5.30. The Morgan fingerprint density at radius 3 is 2.33 bits per heavy atom. The molecule has 1 heterocycles. The molecule has 0 bridgehead atoms. The van der Waals surface area contributed by atoms with Gasteiger partial charge in [0.15, 0.2) is 0 Å². The summed E-state index contributed by atoms with van der Waals surface area (Å²) in [5.74, 6) is 0.661. The Kier molecular flexibility index (Phi) is 2.93. The maximum absolute atomic E-state index is 4.12. The number of hydrogen-bond acceptors (Lipinski definition) is 3. The van der Waals surface area contributed by atoms with Gasteiger partial charge in [0.25, 0.3) is 0 Å². The van der Waals surface area contributed by atoms with Crippen molar-refractivity contribution in [1.82, 2.24) is 9.97 Å². The zero-order valence-electron chi connectivity index (χ0n) is 8.59. The molecule has 0 aliphatic heterocycles. The third-order valence-electron chi connectivity index (χ3n) is 2.21. The maximum Gasteiger partial charge on any atom is 0.223 e. The monoisotopic (exact) mass is 199 g/mol. The average molecular weight is 199 g/mol. The summed E-state index contributed by atoms with van der Waals surface area (Å²) in [6.45, 7) is 2.09. The van der Waals surface area contributed by atoms with Gasteiger partial charge < -0.3 is 5.32 Å². The van der Waals surface area contributed by atoms with Crippen molar-refractivity contribution in [1.29, 1.82) is 0 Å². The highest BCUT2D eigenvalue weighted by atomic mass is 15.1. The van der Waals surface area contributed by atoms with Crippen molar-refractivity contribution in [3.8, 4) is 0 Å². The summed E-state index contributed by atoms with van der Waals surface area (Å²) in [5, 5.41) is 3.24. The van der Waals surface area contributed by atoms with Gasteiger partial charge in [-0.05, 0) is 18.6 Å². The Bertz CT molecular complexity index is 400. The van der Waals surface area contributed by atoms with Crippen molar-refractivity contribution < 1.29 is 0 Å². The standard InChI is InChI=1S/C12H13N3/c1-10(11-6-3-2-4-7-11)15-12-13-8-5-9-14-12/h2-10H,1H3,(H,13,14,15)/t10-/m1/s1. The average Bonchev–Trinajstić information content (AvgIpc) is 2.31. The van der Waals surface area contributed by atoms with Crippen LogP contribution in [0.25, 0.3) is 0 Å². The zero-order chi connectivity index (χ0) is 10.5. The highest BCUT2D eigenvalue weighted by Crippen LogP contribution is 2.15. The van der Waals surface area contributed by atoms with Crippen LogP contribution in [-0.4, -0.2) is 9.97 Å². The number of hydrogen-bond donors (Lipinski definition) is 1. The van der Waals surface area contributed by atoms with Crippen LogP contribution < -0.4 is 5.32 Å². The van der Waals surface area contributed by atoms with Gasteiger partial charge in [0.2, 0.25) is 5.95 Å². The number of benzene rings is 1. The summed E-state index contributed by atoms with van der Waals surface area (Å²) in [6, 6.07) is 12.3. The van der Waals surface area contributed by atoms with Crippen molar-refractivity contribution in [3.05, 3.63) is 54.4 Å². The molecule has 1 aromatic carbocycles. The molecule has 2 aromatic rings. The normalized spacial score (nSPS) is 12.1. The minimum atomic E-state index is 0.216. The van der Waals surface area contributed by atoms with Gasteiger partial charge in [-0.1, -0.05) is 30.3 Å². The topological polar surface area (TPSA) is 37.8 Å². The second-order valence-electron chi connectivity index (χ2n) is 3.35. The Balaban J connectivity index is 2.08. The van der Waals surface area contributed by atoms with Crippen molar-refractivity contribution in [3.63, 3.8) is 0 Å². The molecule has 0 saturated carbocycles. The van der Waals surface area contributed by atoms with E-state index in [2.05, 4.69) is 34.3 Å². The number of nitrogens with zero attached hydrogens (tertiary/aromatic N) is 2. The van der Waals surface area contributed by atoms with Crippen LogP contribution in [0.15, 0.2) is 48.8 Å². The molecule has 0 fully saturated rings. The Morgan fingerprint density at radius 2 is 1.67 bits per heavy atom. The van der Waals surface area contributed by atoms with Crippen LogP contribution in [0.2, 0.25) is 0 Å². The molecule has 3 heteroatoms. The largest absolute Gasteiger partial charge is 0.348 e. The first-order valence-electron chi connectivity index (χ1n) is 4.95. The van der Waals surface area contributed by atoms with Crippen LogP contribution in [0.5, 0.6) is 0 Å². The van der Waals surface area contributed by atoms with E-state index in [0.29, 0.717) is 5.95 Å². The first-order valence-corrected chi connectivity index (χ1v) is 4.95. The van der Waals surface area contributed by atoms with E-state index in [1.54, 1.807) is 18.5 Å². The lowest BCUT2D eigenvalue weighted by Gasteiger charge is -2.13. The lowest BCUT2D eigenvalue weighted by molar-refractivity contribution is 0.860. The lowest BCUT2D eigenvalue weighted by Crippen LogP contribution is -2.08. The molecule has 0 saturated heterocycles. The first kappa shape index (κ1) is 9.65. The van der Waals surface area contributed by atoms with Gasteiger partial charge in [-0.15, -0.1) is 0 Å². The second-order valence-corrected chi connectivity index (χ2v) is 3.35. The molecule has 0 unspecified atom stereocenters. The van der Waals surface area contributed by atoms with Crippen molar-refractivity contribution >= 4 is 5.95 Å². The van der Waals surface area contributed by atoms with Crippen LogP contribution >= 0.6 is 0 Å². The fourth-order valence-electron chi connectivity index (χ4n) is 1.39. The van der Waals surface area contributed by atoms with Crippen molar-refractivity contribution in [2.75, 3.05) is 5.32 Å². The SMILES string of the molecule is C[C@@H](Nc1ncccn1)c1ccccc1. The Hall–Kier alpha value is -1.90. The minimum absolute atomic E-state index is 0.216. The summed E-state index contributed by atoms with van der Waals surface area (Å²) in [6.07, 6.45) is 3.46. The summed E-state index contributed by atoms with van der Waals surface area (Å²) in [7, 11) is 0. The summed E-state index contributed by atoms with van der Waals surface area (Å²) in [5.41, 5.74) is 1.23. The van der Waals surface area contributed by atoms with E-state index in [0.717, 1.165) is 0 Å². The lowest BCUT2D eigenvalue weighted by atomic mass is 10.1. The van der Waals surface area contributed by atoms with E-state index in [4.69, 9.17) is 0 Å². The van der Waals surface area contributed by atoms with Gasteiger partial charge >= 0.3 is 0 Å². The van der Waals surface area contributed by atoms with Gasteiger partial charge in [-0.25, -0.2) is 9.97 Å². The highest BCUT2D eigenvalue weighted by Gasteiger charge is 2.04. The third-order valence-corrected chi connectivity index (χ3v) is 2.21. The molecule has 0 spiro atoms. The summed E-state index contributed by atoms with van der Waals surface area (Å²) < 4.78 is 0. The molecular formula is C12H13N3. The van der Waals surface area contributed by atoms with E-state index in [1.807, 2.05) is 18.2 Å². The molecule has 1 N–H and O–H groups in total. The van der Waals surface area contributed by atoms with E-state index in [-0.39, 0.29) is 6.04 Å². The molecule has 76 valence electrons. The number of rotatable bonds is 3. The second kappa shape index (κ2) is 4.55. The predicted molar refractivity (Wildman–Crippen MR) is 60.5 cm³/mol. The van der Waals surface area contributed by atoms with Crippen LogP contribution in [0.1, 0.15) is 18.5 Å². The maximum atomic E-state index is 4.12. The molecule has 0 amide bonds. The van der Waals surface area contributed by atoms with E-state index < -0.39 is 0 Å². The molecule has 15 heavy (non-hydrogen) atoms. The Labute approximate surface area is 89.2 Å². The molecule has 1 aromatic heterocycles. The minimum Gasteiger partial charge on any atom is -0.348 e. The van der Waals surface area contributed by atoms with Crippen LogP contribution in [0, 0.1) is 0 Å². The van der Waals surface area contributed by atoms with Gasteiger partial charge in [-0.3, -0.25) is 0 Å². The quantitative estimate of drug-likeness (QED) is 0.825. The van der Waals surface area contributed by atoms with Crippen molar-refractivity contribution in [2.24, 2.45) is 0 Å². The summed E-state index contributed by atoms with van der Waals surface area (Å²) in [4.78, 5) is 8.24. The molecule has 0 radical (unpaired) electrons. The molecule has 1 atom stereocenters. The van der Waals surface area contributed by atoms with Gasteiger partial charge in [-0.2, -0.15) is 0 Å². The number of aromatic nitrogens is 2. The van der Waals surface area contributed by atoms with Gasteiger partial charge in [0.05, 0.1) is 6.04 Å². The number of nitrogens with one attached hydrogen (secondary N) is 1. The fraction of sp³-hybridized carbons (Fsp3) is 0.167. The molecule has 0 aliphatic carbocycles. The fourth-order valence-corrected chi connectivity index (χ4v) is 1.39. The molecule has 2 rings (SSSR count). The van der Waals surface area contributed by atoms with Crippen molar-refractivity contribution in [2.45, 2.75) is 13.0 Å². The van der Waals surface area contributed by atoms with Crippen LogP contribution in [0.3, 0.4) is 0 Å². The molecule has 3 nitrogen and oxygen atoms in total. The number of anilines is 1. The van der Waals surface area contributed by atoms with Crippen LogP contribution in [0.4, 0.5) is 5.95 Å². The zero-order valence-corrected chi connectivity index (χ0v) is 8.59. The molecular weight excluding hydrogens is 186 g/mol. The van der Waals surface area contributed by atoms with Gasteiger partial charge in [0, 0.05) is 12.4 Å².